The third-order valence-corrected chi connectivity index (χ3v) is 3.17. The highest BCUT2D eigenvalue weighted by molar-refractivity contribution is 6.30. The molecule has 0 bridgehead atoms. The number of hydrogen-bond acceptors (Lipinski definition) is 2. The standard InChI is InChI=1S/C15H12Cl2O3/c16-11-6-4-10(5-7-11)8-14(15(18)19)20-13-3-1-2-12(17)9-13/h1-7,9,14H,8H2,(H,18,19)/t14-/m1/s1. The molecule has 0 heterocycles. The molecular formula is C15H12Cl2O3. The highest BCUT2D eigenvalue weighted by atomic mass is 35.5. The van der Waals surface area contributed by atoms with Crippen molar-refractivity contribution in [2.24, 2.45) is 0 Å². The number of aliphatic carboxylic acids is 1. The Balaban J connectivity index is 2.11. The Kier molecular flexibility index (Phi) is 4.88. The molecule has 0 aliphatic carbocycles. The molecule has 0 saturated carbocycles. The van der Waals surface area contributed by atoms with Gasteiger partial charge in [-0.15, -0.1) is 0 Å². The molecule has 0 unspecified atom stereocenters. The fourth-order valence-electron chi connectivity index (χ4n) is 1.72. The van der Waals surface area contributed by atoms with Crippen LogP contribution >= 0.6 is 23.2 Å². The molecule has 0 amide bonds. The van der Waals surface area contributed by atoms with Crippen molar-refractivity contribution in [2.75, 3.05) is 0 Å². The summed E-state index contributed by atoms with van der Waals surface area (Å²) < 4.78 is 5.47. The van der Waals surface area contributed by atoms with Crippen LogP contribution in [0.15, 0.2) is 48.5 Å². The molecule has 2 rings (SSSR count). The quantitative estimate of drug-likeness (QED) is 0.905. The SMILES string of the molecule is O=C(O)[C@@H](Cc1ccc(Cl)cc1)Oc1cccc(Cl)c1. The molecule has 1 atom stereocenters. The van der Waals surface area contributed by atoms with Gasteiger partial charge in [-0.2, -0.15) is 0 Å². The molecule has 0 aromatic heterocycles. The van der Waals surface area contributed by atoms with Gasteiger partial charge in [-0.1, -0.05) is 41.4 Å². The van der Waals surface area contributed by atoms with E-state index in [0.29, 0.717) is 15.8 Å². The van der Waals surface area contributed by atoms with Crippen molar-refractivity contribution in [2.45, 2.75) is 12.5 Å². The number of carbonyl (C=O) groups is 1. The Morgan fingerprint density at radius 1 is 1.10 bits per heavy atom. The Morgan fingerprint density at radius 3 is 2.40 bits per heavy atom. The van der Waals surface area contributed by atoms with Gasteiger partial charge in [-0.3, -0.25) is 0 Å². The predicted molar refractivity (Wildman–Crippen MR) is 78.7 cm³/mol. The fraction of sp³-hybridized carbons (Fsp3) is 0.133. The van der Waals surface area contributed by atoms with E-state index in [1.165, 1.54) is 0 Å². The van der Waals surface area contributed by atoms with Crippen molar-refractivity contribution < 1.29 is 14.6 Å². The zero-order chi connectivity index (χ0) is 14.5. The fourth-order valence-corrected chi connectivity index (χ4v) is 2.02. The Labute approximate surface area is 126 Å². The van der Waals surface area contributed by atoms with Gasteiger partial charge in [-0.25, -0.2) is 4.79 Å². The van der Waals surface area contributed by atoms with Crippen LogP contribution in [0, 0.1) is 0 Å². The molecule has 20 heavy (non-hydrogen) atoms. The first-order valence-electron chi connectivity index (χ1n) is 5.94. The average molecular weight is 311 g/mol. The molecule has 0 fully saturated rings. The van der Waals surface area contributed by atoms with Crippen LogP contribution in [0.25, 0.3) is 0 Å². The number of carboxylic acid groups (broad SMARTS) is 1. The highest BCUT2D eigenvalue weighted by Crippen LogP contribution is 2.20. The summed E-state index contributed by atoms with van der Waals surface area (Å²) in [7, 11) is 0. The third kappa shape index (κ3) is 4.15. The van der Waals surface area contributed by atoms with E-state index in [9.17, 15) is 9.90 Å². The molecule has 0 aliphatic heterocycles. The molecule has 0 saturated heterocycles. The Morgan fingerprint density at radius 2 is 1.80 bits per heavy atom. The van der Waals surface area contributed by atoms with E-state index in [1.54, 1.807) is 48.5 Å². The monoisotopic (exact) mass is 310 g/mol. The Bertz CT molecular complexity index is 596. The number of ether oxygens (including phenoxy) is 1. The maximum Gasteiger partial charge on any atom is 0.345 e. The molecule has 2 aromatic carbocycles. The molecule has 5 heteroatoms. The minimum absolute atomic E-state index is 0.249. The smallest absolute Gasteiger partial charge is 0.345 e. The van der Waals surface area contributed by atoms with Gasteiger partial charge in [0.1, 0.15) is 5.75 Å². The van der Waals surface area contributed by atoms with Crippen molar-refractivity contribution >= 4 is 29.2 Å². The number of hydrogen-bond donors (Lipinski definition) is 1. The normalized spacial score (nSPS) is 11.9. The predicted octanol–water partition coefficient (Wildman–Crippen LogP) is 4.07. The molecule has 3 nitrogen and oxygen atoms in total. The van der Waals surface area contributed by atoms with Gasteiger partial charge in [0, 0.05) is 16.5 Å². The average Bonchev–Trinajstić information content (AvgIpc) is 2.40. The summed E-state index contributed by atoms with van der Waals surface area (Å²) in [5.74, 6) is -0.598. The van der Waals surface area contributed by atoms with Crippen molar-refractivity contribution in [1.29, 1.82) is 0 Å². The van der Waals surface area contributed by atoms with Crippen molar-refractivity contribution in [1.82, 2.24) is 0 Å². The van der Waals surface area contributed by atoms with Gasteiger partial charge < -0.3 is 9.84 Å². The zero-order valence-corrected chi connectivity index (χ0v) is 11.9. The van der Waals surface area contributed by atoms with E-state index in [0.717, 1.165) is 5.56 Å². The number of rotatable bonds is 5. The lowest BCUT2D eigenvalue weighted by molar-refractivity contribution is -0.145. The number of carboxylic acids is 1. The molecule has 1 N–H and O–H groups in total. The van der Waals surface area contributed by atoms with Gasteiger partial charge in [0.15, 0.2) is 6.10 Å². The van der Waals surface area contributed by atoms with Gasteiger partial charge in [0.25, 0.3) is 0 Å². The lowest BCUT2D eigenvalue weighted by atomic mass is 10.1. The minimum atomic E-state index is -1.03. The molecule has 0 aliphatic rings. The van der Waals surface area contributed by atoms with E-state index in [4.69, 9.17) is 27.9 Å². The lowest BCUT2D eigenvalue weighted by Crippen LogP contribution is -2.29. The molecule has 104 valence electrons. The second kappa shape index (κ2) is 6.64. The van der Waals surface area contributed by atoms with Crippen LogP contribution in [0.3, 0.4) is 0 Å². The maximum absolute atomic E-state index is 11.3. The van der Waals surface area contributed by atoms with Crippen molar-refractivity contribution in [3.05, 3.63) is 64.1 Å². The molecular weight excluding hydrogens is 299 g/mol. The second-order valence-electron chi connectivity index (χ2n) is 4.23. The summed E-state index contributed by atoms with van der Waals surface area (Å²) in [6, 6.07) is 13.6. The minimum Gasteiger partial charge on any atom is -0.478 e. The topological polar surface area (TPSA) is 46.5 Å². The van der Waals surface area contributed by atoms with Crippen LogP contribution in [0.1, 0.15) is 5.56 Å². The van der Waals surface area contributed by atoms with E-state index >= 15 is 0 Å². The van der Waals surface area contributed by atoms with Gasteiger partial charge >= 0.3 is 5.97 Å². The summed E-state index contributed by atoms with van der Waals surface area (Å²) in [5.41, 5.74) is 0.837. The van der Waals surface area contributed by atoms with Crippen molar-refractivity contribution in [3.8, 4) is 5.75 Å². The lowest BCUT2D eigenvalue weighted by Gasteiger charge is -2.15. The number of halogens is 2. The highest BCUT2D eigenvalue weighted by Gasteiger charge is 2.20. The van der Waals surface area contributed by atoms with Gasteiger partial charge in [0.05, 0.1) is 0 Å². The molecule has 0 radical (unpaired) electrons. The maximum atomic E-state index is 11.3. The summed E-state index contributed by atoms with van der Waals surface area (Å²) >= 11 is 11.6. The first kappa shape index (κ1) is 14.7. The van der Waals surface area contributed by atoms with Crippen LogP contribution in [0.5, 0.6) is 5.75 Å². The summed E-state index contributed by atoms with van der Waals surface area (Å²) in [4.78, 5) is 11.3. The Hall–Kier alpha value is -1.71. The van der Waals surface area contributed by atoms with Crippen LogP contribution in [0.2, 0.25) is 10.0 Å². The summed E-state index contributed by atoms with van der Waals surface area (Å²) in [5, 5.41) is 10.3. The van der Waals surface area contributed by atoms with E-state index in [2.05, 4.69) is 0 Å². The summed E-state index contributed by atoms with van der Waals surface area (Å²) in [6.07, 6.45) is -0.728. The first-order chi connectivity index (χ1) is 9.54. The van der Waals surface area contributed by atoms with E-state index in [1.807, 2.05) is 0 Å². The van der Waals surface area contributed by atoms with Crippen molar-refractivity contribution in [3.63, 3.8) is 0 Å². The second-order valence-corrected chi connectivity index (χ2v) is 5.11. The largest absolute Gasteiger partial charge is 0.478 e. The zero-order valence-electron chi connectivity index (χ0n) is 10.4. The molecule has 2 aromatic rings. The van der Waals surface area contributed by atoms with Crippen LogP contribution < -0.4 is 4.74 Å². The van der Waals surface area contributed by atoms with E-state index in [-0.39, 0.29) is 6.42 Å². The van der Waals surface area contributed by atoms with Crippen LogP contribution in [-0.2, 0) is 11.2 Å². The third-order valence-electron chi connectivity index (χ3n) is 2.68. The van der Waals surface area contributed by atoms with Gasteiger partial charge in [-0.05, 0) is 35.9 Å². The summed E-state index contributed by atoms with van der Waals surface area (Å²) in [6.45, 7) is 0. The van der Waals surface area contributed by atoms with E-state index < -0.39 is 12.1 Å². The van der Waals surface area contributed by atoms with Crippen LogP contribution in [-0.4, -0.2) is 17.2 Å². The number of benzene rings is 2. The first-order valence-corrected chi connectivity index (χ1v) is 6.69. The van der Waals surface area contributed by atoms with Crippen LogP contribution in [0.4, 0.5) is 0 Å². The molecule has 0 spiro atoms. The van der Waals surface area contributed by atoms with Gasteiger partial charge in [0.2, 0.25) is 0 Å².